The zero-order valence-electron chi connectivity index (χ0n) is 18.0. The number of hydrogen-bond donors (Lipinski definition) is 0. The largest absolute Gasteiger partial charge is 0.482 e. The summed E-state index contributed by atoms with van der Waals surface area (Å²) in [6.45, 7) is 2.10. The second kappa shape index (κ2) is 9.51. The predicted octanol–water partition coefficient (Wildman–Crippen LogP) is 3.61. The van der Waals surface area contributed by atoms with Crippen LogP contribution in [0.5, 0.6) is 5.75 Å². The molecule has 0 spiro atoms. The molecule has 0 N–H and O–H groups in total. The molecule has 0 atom stereocenters. The van der Waals surface area contributed by atoms with E-state index in [9.17, 15) is 18.0 Å². The molecule has 7 nitrogen and oxygen atoms in total. The van der Waals surface area contributed by atoms with E-state index in [1.54, 1.807) is 11.0 Å². The first kappa shape index (κ1) is 23.2. The van der Waals surface area contributed by atoms with Crippen molar-refractivity contribution in [3.8, 4) is 5.75 Å². The quantitative estimate of drug-likeness (QED) is 0.497. The highest BCUT2D eigenvalue weighted by Crippen LogP contribution is 2.30. The number of carbonyl (C=O) groups excluding carboxylic acids is 2. The minimum atomic E-state index is -3.65. The third-order valence-electron chi connectivity index (χ3n) is 5.64. The molecule has 172 valence electrons. The van der Waals surface area contributed by atoms with Gasteiger partial charge in [0.05, 0.1) is 10.5 Å². The zero-order valence-corrected chi connectivity index (χ0v) is 19.6. The monoisotopic (exact) mass is 486 g/mol. The van der Waals surface area contributed by atoms with Gasteiger partial charge in [0.15, 0.2) is 12.4 Å². The van der Waals surface area contributed by atoms with Crippen LogP contribution in [0.15, 0.2) is 65.6 Å². The first-order chi connectivity index (χ1) is 15.8. The van der Waals surface area contributed by atoms with Gasteiger partial charge in [0.1, 0.15) is 5.75 Å². The molecule has 1 heterocycles. The van der Waals surface area contributed by atoms with E-state index in [0.717, 1.165) is 10.8 Å². The van der Waals surface area contributed by atoms with Crippen molar-refractivity contribution >= 4 is 44.1 Å². The third kappa shape index (κ3) is 4.88. The molecular formula is C24H23ClN2O5S. The number of nitrogens with zero attached hydrogens (tertiary/aromatic N) is 2. The second-order valence-electron chi connectivity index (χ2n) is 7.75. The first-order valence-electron chi connectivity index (χ1n) is 10.5. The number of carbonyl (C=O) groups is 2. The number of sulfonamides is 1. The zero-order chi connectivity index (χ0) is 23.6. The van der Waals surface area contributed by atoms with E-state index in [0.29, 0.717) is 16.3 Å². The van der Waals surface area contributed by atoms with Crippen LogP contribution in [0.1, 0.15) is 17.3 Å². The Labute approximate surface area is 197 Å². The highest BCUT2D eigenvalue weighted by molar-refractivity contribution is 7.89. The Bertz CT molecular complexity index is 1300. The molecule has 3 aromatic carbocycles. The number of hydrogen-bond acceptors (Lipinski definition) is 5. The van der Waals surface area contributed by atoms with Crippen molar-refractivity contribution in [2.75, 3.05) is 32.8 Å². The van der Waals surface area contributed by atoms with Crippen LogP contribution in [0.25, 0.3) is 10.8 Å². The van der Waals surface area contributed by atoms with Crippen LogP contribution in [-0.4, -0.2) is 62.1 Å². The lowest BCUT2D eigenvalue weighted by Crippen LogP contribution is -2.51. The van der Waals surface area contributed by atoms with Crippen molar-refractivity contribution in [3.63, 3.8) is 0 Å². The Morgan fingerprint density at radius 2 is 1.61 bits per heavy atom. The van der Waals surface area contributed by atoms with Gasteiger partial charge in [0.25, 0.3) is 5.91 Å². The molecule has 0 bridgehead atoms. The summed E-state index contributed by atoms with van der Waals surface area (Å²) in [5.41, 5.74) is 0.417. The molecule has 4 rings (SSSR count). The predicted molar refractivity (Wildman–Crippen MR) is 126 cm³/mol. The molecule has 33 heavy (non-hydrogen) atoms. The van der Waals surface area contributed by atoms with Crippen molar-refractivity contribution in [3.05, 3.63) is 71.2 Å². The lowest BCUT2D eigenvalue weighted by molar-refractivity contribution is -0.134. The average molecular weight is 487 g/mol. The molecule has 3 aromatic rings. The number of rotatable bonds is 6. The maximum atomic E-state index is 12.8. The maximum absolute atomic E-state index is 12.8. The molecule has 0 saturated carbocycles. The topological polar surface area (TPSA) is 84.0 Å². The third-order valence-corrected chi connectivity index (χ3v) is 7.81. The Hall–Kier alpha value is -2.94. The molecule has 1 aliphatic rings. The standard InChI is InChI=1S/C24H23ClN2O5S/c1-17(28)21-11-6-18-4-2-3-5-22(18)24(21)32-16-23(29)26-12-14-27(15-13-26)33(30,31)20-9-7-19(25)8-10-20/h2-11H,12-16H2,1H3. The fourth-order valence-corrected chi connectivity index (χ4v) is 5.38. The van der Waals surface area contributed by atoms with Gasteiger partial charge in [0.2, 0.25) is 10.0 Å². The minimum Gasteiger partial charge on any atom is -0.482 e. The molecule has 9 heteroatoms. The summed E-state index contributed by atoms with van der Waals surface area (Å²) in [5.74, 6) is -0.0249. The number of piperazine rings is 1. The summed E-state index contributed by atoms with van der Waals surface area (Å²) in [4.78, 5) is 26.6. The second-order valence-corrected chi connectivity index (χ2v) is 10.1. The minimum absolute atomic E-state index is 0.149. The first-order valence-corrected chi connectivity index (χ1v) is 12.3. The van der Waals surface area contributed by atoms with Gasteiger partial charge >= 0.3 is 0 Å². The van der Waals surface area contributed by atoms with Gasteiger partial charge in [-0.15, -0.1) is 0 Å². The van der Waals surface area contributed by atoms with Gasteiger partial charge in [-0.1, -0.05) is 41.9 Å². The van der Waals surface area contributed by atoms with Crippen LogP contribution in [0.4, 0.5) is 0 Å². The summed E-state index contributed by atoms with van der Waals surface area (Å²) in [6, 6.07) is 17.1. The van der Waals surface area contributed by atoms with Crippen molar-refractivity contribution in [2.45, 2.75) is 11.8 Å². The van der Waals surface area contributed by atoms with Gasteiger partial charge in [0, 0.05) is 36.6 Å². The van der Waals surface area contributed by atoms with E-state index in [1.165, 1.54) is 35.5 Å². The number of ketones is 1. The molecule has 1 saturated heterocycles. The van der Waals surface area contributed by atoms with E-state index in [2.05, 4.69) is 0 Å². The van der Waals surface area contributed by atoms with E-state index in [-0.39, 0.29) is 49.4 Å². The van der Waals surface area contributed by atoms with Gasteiger partial charge in [-0.2, -0.15) is 4.31 Å². The smallest absolute Gasteiger partial charge is 0.260 e. The van der Waals surface area contributed by atoms with Gasteiger partial charge in [-0.3, -0.25) is 9.59 Å². The summed E-state index contributed by atoms with van der Waals surface area (Å²) in [7, 11) is -3.65. The Kier molecular flexibility index (Phi) is 6.69. The Morgan fingerprint density at radius 3 is 2.27 bits per heavy atom. The van der Waals surface area contributed by atoms with Crippen LogP contribution in [0.2, 0.25) is 5.02 Å². The highest BCUT2D eigenvalue weighted by atomic mass is 35.5. The number of amides is 1. The van der Waals surface area contributed by atoms with E-state index in [1.807, 2.05) is 30.3 Å². The van der Waals surface area contributed by atoms with Crippen molar-refractivity contribution < 1.29 is 22.7 Å². The number of ether oxygens (including phenoxy) is 1. The molecule has 1 amide bonds. The fraction of sp³-hybridized carbons (Fsp3) is 0.250. The van der Waals surface area contributed by atoms with Gasteiger partial charge in [-0.05, 0) is 42.6 Å². The van der Waals surface area contributed by atoms with E-state index < -0.39 is 10.0 Å². The summed E-state index contributed by atoms with van der Waals surface area (Å²) >= 11 is 5.85. The van der Waals surface area contributed by atoms with Crippen molar-refractivity contribution in [2.24, 2.45) is 0 Å². The SMILES string of the molecule is CC(=O)c1ccc2ccccc2c1OCC(=O)N1CCN(S(=O)(=O)c2ccc(Cl)cc2)CC1. The molecule has 0 unspecified atom stereocenters. The molecule has 1 aliphatic heterocycles. The van der Waals surface area contributed by atoms with Crippen molar-refractivity contribution in [1.82, 2.24) is 9.21 Å². The lowest BCUT2D eigenvalue weighted by Gasteiger charge is -2.34. The lowest BCUT2D eigenvalue weighted by atomic mass is 10.0. The molecule has 0 radical (unpaired) electrons. The van der Waals surface area contributed by atoms with Crippen LogP contribution in [-0.2, 0) is 14.8 Å². The van der Waals surface area contributed by atoms with Gasteiger partial charge < -0.3 is 9.64 Å². The molecular weight excluding hydrogens is 464 g/mol. The Morgan fingerprint density at radius 1 is 0.939 bits per heavy atom. The number of benzene rings is 3. The van der Waals surface area contributed by atoms with Crippen LogP contribution < -0.4 is 4.74 Å². The summed E-state index contributed by atoms with van der Waals surface area (Å²) in [5, 5.41) is 2.13. The van der Waals surface area contributed by atoms with Crippen LogP contribution in [0, 0.1) is 0 Å². The number of fused-ring (bicyclic) bond motifs is 1. The van der Waals surface area contributed by atoms with Gasteiger partial charge in [-0.25, -0.2) is 8.42 Å². The molecule has 0 aliphatic carbocycles. The Balaban J connectivity index is 1.42. The number of Topliss-reactive ketones (excluding diaryl/α,β-unsaturated/α-hetero) is 1. The fourth-order valence-electron chi connectivity index (χ4n) is 3.83. The van der Waals surface area contributed by atoms with Crippen LogP contribution in [0.3, 0.4) is 0 Å². The number of halogens is 1. The normalized spacial score (nSPS) is 14.9. The van der Waals surface area contributed by atoms with Crippen molar-refractivity contribution in [1.29, 1.82) is 0 Å². The van der Waals surface area contributed by atoms with Crippen LogP contribution >= 0.6 is 11.6 Å². The summed E-state index contributed by atoms with van der Waals surface area (Å²) < 4.78 is 32.9. The summed E-state index contributed by atoms with van der Waals surface area (Å²) in [6.07, 6.45) is 0. The molecule has 1 fully saturated rings. The molecule has 0 aromatic heterocycles. The van der Waals surface area contributed by atoms with E-state index in [4.69, 9.17) is 16.3 Å². The van der Waals surface area contributed by atoms with E-state index >= 15 is 0 Å². The maximum Gasteiger partial charge on any atom is 0.260 e. The average Bonchev–Trinajstić information content (AvgIpc) is 2.82. The highest BCUT2D eigenvalue weighted by Gasteiger charge is 2.30.